The predicted octanol–water partition coefficient (Wildman–Crippen LogP) is 3.04. The molecule has 0 saturated carbocycles. The summed E-state index contributed by atoms with van der Waals surface area (Å²) in [5.41, 5.74) is 2.24. The van der Waals surface area contributed by atoms with Crippen molar-refractivity contribution in [3.05, 3.63) is 54.0 Å². The maximum Gasteiger partial charge on any atom is 0.310 e. The summed E-state index contributed by atoms with van der Waals surface area (Å²) >= 11 is 0. The maximum atomic E-state index is 11.9. The van der Waals surface area contributed by atoms with Crippen LogP contribution < -0.4 is 5.32 Å². The Balaban J connectivity index is 1.94. The number of aliphatic carboxylic acids is 1. The van der Waals surface area contributed by atoms with E-state index in [2.05, 4.69) is 5.32 Å². The molecule has 0 saturated heterocycles. The summed E-state index contributed by atoms with van der Waals surface area (Å²) in [5, 5.41) is 11.8. The summed E-state index contributed by atoms with van der Waals surface area (Å²) in [7, 11) is 0. The number of amides is 1. The third-order valence-corrected chi connectivity index (χ3v) is 3.26. The van der Waals surface area contributed by atoms with Gasteiger partial charge < -0.3 is 14.8 Å². The Bertz CT molecular complexity index is 619. The number of hydrogen-bond donors (Lipinski definition) is 2. The number of benzene rings is 1. The van der Waals surface area contributed by atoms with E-state index in [-0.39, 0.29) is 5.91 Å². The van der Waals surface area contributed by atoms with Gasteiger partial charge in [0.1, 0.15) is 0 Å². The monoisotopic (exact) mass is 287 g/mol. The molecule has 2 aromatic rings. The van der Waals surface area contributed by atoms with Gasteiger partial charge in [-0.1, -0.05) is 12.1 Å². The van der Waals surface area contributed by atoms with Gasteiger partial charge in [-0.25, -0.2) is 0 Å². The number of rotatable bonds is 6. The molecule has 0 aliphatic heterocycles. The smallest absolute Gasteiger partial charge is 0.310 e. The predicted molar refractivity (Wildman–Crippen MR) is 78.2 cm³/mol. The normalized spacial score (nSPS) is 11.9. The van der Waals surface area contributed by atoms with E-state index >= 15 is 0 Å². The summed E-state index contributed by atoms with van der Waals surface area (Å²) in [4.78, 5) is 22.8. The number of furan rings is 1. The van der Waals surface area contributed by atoms with Crippen molar-refractivity contribution in [2.45, 2.75) is 25.7 Å². The highest BCUT2D eigenvalue weighted by Crippen LogP contribution is 2.19. The van der Waals surface area contributed by atoms with Gasteiger partial charge in [0.15, 0.2) is 0 Å². The number of carboxylic acids is 1. The first kappa shape index (κ1) is 14.8. The maximum absolute atomic E-state index is 11.9. The van der Waals surface area contributed by atoms with Gasteiger partial charge in [-0.15, -0.1) is 0 Å². The molecule has 110 valence electrons. The summed E-state index contributed by atoms with van der Waals surface area (Å²) < 4.78 is 4.94. The van der Waals surface area contributed by atoms with Crippen LogP contribution in [0.1, 0.15) is 30.4 Å². The molecule has 0 fully saturated rings. The molecule has 2 rings (SSSR count). The number of nitrogens with one attached hydrogen (secondary N) is 1. The SMILES string of the molecule is CC(C(=O)O)c1cccc(NC(=O)CCc2ccoc2)c1. The summed E-state index contributed by atoms with van der Waals surface area (Å²) in [6, 6.07) is 8.73. The molecule has 21 heavy (non-hydrogen) atoms. The molecule has 0 aliphatic rings. The number of anilines is 1. The third kappa shape index (κ3) is 4.21. The largest absolute Gasteiger partial charge is 0.481 e. The van der Waals surface area contributed by atoms with Crippen LogP contribution in [0.4, 0.5) is 5.69 Å². The topological polar surface area (TPSA) is 79.5 Å². The van der Waals surface area contributed by atoms with Crippen molar-refractivity contribution in [2.75, 3.05) is 5.32 Å². The molecule has 1 amide bonds. The summed E-state index contributed by atoms with van der Waals surface area (Å²) in [6.45, 7) is 1.61. The van der Waals surface area contributed by atoms with E-state index in [1.807, 2.05) is 6.07 Å². The Kier molecular flexibility index (Phi) is 4.77. The van der Waals surface area contributed by atoms with Gasteiger partial charge in [-0.2, -0.15) is 0 Å². The van der Waals surface area contributed by atoms with Crippen LogP contribution in [0.5, 0.6) is 0 Å². The lowest BCUT2D eigenvalue weighted by Gasteiger charge is -2.10. The minimum Gasteiger partial charge on any atom is -0.481 e. The first-order valence-electron chi connectivity index (χ1n) is 6.70. The molecule has 1 unspecified atom stereocenters. The Morgan fingerprint density at radius 2 is 2.14 bits per heavy atom. The first-order chi connectivity index (χ1) is 10.1. The highest BCUT2D eigenvalue weighted by Gasteiger charge is 2.14. The van der Waals surface area contributed by atoms with Crippen LogP contribution in [0, 0.1) is 0 Å². The second-order valence-corrected chi connectivity index (χ2v) is 4.87. The molecular weight excluding hydrogens is 270 g/mol. The fraction of sp³-hybridized carbons (Fsp3) is 0.250. The van der Waals surface area contributed by atoms with E-state index < -0.39 is 11.9 Å². The molecule has 0 radical (unpaired) electrons. The van der Waals surface area contributed by atoms with E-state index in [4.69, 9.17) is 9.52 Å². The van der Waals surface area contributed by atoms with Crippen LogP contribution >= 0.6 is 0 Å². The fourth-order valence-corrected chi connectivity index (χ4v) is 1.94. The molecule has 5 heteroatoms. The summed E-state index contributed by atoms with van der Waals surface area (Å²) in [5.74, 6) is -1.61. The number of carboxylic acid groups (broad SMARTS) is 1. The minimum atomic E-state index is -0.890. The van der Waals surface area contributed by atoms with Crippen LogP contribution in [-0.4, -0.2) is 17.0 Å². The number of carbonyl (C=O) groups is 2. The van der Waals surface area contributed by atoms with Crippen molar-refractivity contribution < 1.29 is 19.1 Å². The molecule has 0 aliphatic carbocycles. The van der Waals surface area contributed by atoms with Gasteiger partial charge in [0, 0.05) is 12.1 Å². The van der Waals surface area contributed by atoms with E-state index in [1.54, 1.807) is 43.7 Å². The van der Waals surface area contributed by atoms with Gasteiger partial charge >= 0.3 is 5.97 Å². The zero-order valence-corrected chi connectivity index (χ0v) is 11.7. The average molecular weight is 287 g/mol. The van der Waals surface area contributed by atoms with Crippen molar-refractivity contribution in [1.29, 1.82) is 0 Å². The zero-order valence-electron chi connectivity index (χ0n) is 11.7. The van der Waals surface area contributed by atoms with Crippen molar-refractivity contribution in [3.63, 3.8) is 0 Å². The van der Waals surface area contributed by atoms with E-state index in [0.717, 1.165) is 5.56 Å². The Morgan fingerprint density at radius 1 is 1.33 bits per heavy atom. The Morgan fingerprint density at radius 3 is 2.81 bits per heavy atom. The van der Waals surface area contributed by atoms with Gasteiger partial charge in [0.25, 0.3) is 0 Å². The van der Waals surface area contributed by atoms with Crippen molar-refractivity contribution in [3.8, 4) is 0 Å². The van der Waals surface area contributed by atoms with Gasteiger partial charge in [-0.05, 0) is 42.7 Å². The Hall–Kier alpha value is -2.56. The highest BCUT2D eigenvalue weighted by molar-refractivity contribution is 5.91. The van der Waals surface area contributed by atoms with Crippen molar-refractivity contribution in [1.82, 2.24) is 0 Å². The highest BCUT2D eigenvalue weighted by atomic mass is 16.4. The van der Waals surface area contributed by atoms with Crippen LogP contribution in [-0.2, 0) is 16.0 Å². The number of carbonyl (C=O) groups excluding carboxylic acids is 1. The average Bonchev–Trinajstić information content (AvgIpc) is 2.98. The number of hydrogen-bond acceptors (Lipinski definition) is 3. The second kappa shape index (κ2) is 6.74. The van der Waals surface area contributed by atoms with Gasteiger partial charge in [0.05, 0.1) is 18.4 Å². The molecule has 1 heterocycles. The molecule has 2 N–H and O–H groups in total. The second-order valence-electron chi connectivity index (χ2n) is 4.87. The third-order valence-electron chi connectivity index (χ3n) is 3.26. The quantitative estimate of drug-likeness (QED) is 0.855. The van der Waals surface area contributed by atoms with Crippen molar-refractivity contribution in [2.24, 2.45) is 0 Å². The molecule has 0 spiro atoms. The molecular formula is C16H17NO4. The van der Waals surface area contributed by atoms with Crippen LogP contribution in [0.3, 0.4) is 0 Å². The van der Waals surface area contributed by atoms with E-state index in [1.165, 1.54) is 0 Å². The Labute approximate surface area is 122 Å². The lowest BCUT2D eigenvalue weighted by Crippen LogP contribution is -2.13. The summed E-state index contributed by atoms with van der Waals surface area (Å²) in [6.07, 6.45) is 4.14. The molecule has 1 aromatic carbocycles. The minimum absolute atomic E-state index is 0.115. The van der Waals surface area contributed by atoms with Gasteiger partial charge in [-0.3, -0.25) is 9.59 Å². The molecule has 1 aromatic heterocycles. The van der Waals surface area contributed by atoms with E-state index in [0.29, 0.717) is 24.1 Å². The van der Waals surface area contributed by atoms with Crippen LogP contribution in [0.15, 0.2) is 47.3 Å². The molecule has 0 bridgehead atoms. The van der Waals surface area contributed by atoms with Crippen LogP contribution in [0.2, 0.25) is 0 Å². The zero-order chi connectivity index (χ0) is 15.2. The number of aryl methyl sites for hydroxylation is 1. The fourth-order valence-electron chi connectivity index (χ4n) is 1.94. The molecule has 5 nitrogen and oxygen atoms in total. The molecule has 1 atom stereocenters. The first-order valence-corrected chi connectivity index (χ1v) is 6.70. The van der Waals surface area contributed by atoms with E-state index in [9.17, 15) is 9.59 Å². The lowest BCUT2D eigenvalue weighted by molar-refractivity contribution is -0.138. The lowest BCUT2D eigenvalue weighted by atomic mass is 10.0. The standard InChI is InChI=1S/C16H17NO4/c1-11(16(19)20)13-3-2-4-14(9-13)17-15(18)6-5-12-7-8-21-10-12/h2-4,7-11H,5-6H2,1H3,(H,17,18)(H,19,20). The van der Waals surface area contributed by atoms with Crippen molar-refractivity contribution >= 4 is 17.6 Å². The van der Waals surface area contributed by atoms with Crippen LogP contribution in [0.25, 0.3) is 0 Å². The van der Waals surface area contributed by atoms with Gasteiger partial charge in [0.2, 0.25) is 5.91 Å².